The number of aromatic nitrogens is 3. The zero-order chi connectivity index (χ0) is 18.1. The average molecular weight is 418 g/mol. The number of nitrogens with zero attached hydrogens (tertiary/aromatic N) is 5. The topological polar surface area (TPSA) is 53.7 Å². The van der Waals surface area contributed by atoms with Crippen LogP contribution in [0.5, 0.6) is 0 Å². The molecule has 0 aliphatic carbocycles. The Labute approximate surface area is 158 Å². The predicted octanol–water partition coefficient (Wildman–Crippen LogP) is 2.59. The highest BCUT2D eigenvalue weighted by Crippen LogP contribution is 2.22. The van der Waals surface area contributed by atoms with Crippen molar-refractivity contribution in [2.24, 2.45) is 0 Å². The van der Waals surface area contributed by atoms with E-state index in [4.69, 9.17) is 0 Å². The summed E-state index contributed by atoms with van der Waals surface area (Å²) in [5.74, 6) is -0.306. The molecule has 0 radical (unpaired) electrons. The predicted molar refractivity (Wildman–Crippen MR) is 98.3 cm³/mol. The molecule has 1 aliphatic rings. The molecule has 6 nitrogen and oxygen atoms in total. The first-order chi connectivity index (χ1) is 12.6. The lowest BCUT2D eigenvalue weighted by atomic mass is 10.2. The third kappa shape index (κ3) is 3.22. The molecule has 3 heterocycles. The van der Waals surface area contributed by atoms with Crippen LogP contribution < -0.4 is 0 Å². The lowest BCUT2D eigenvalue weighted by Gasteiger charge is -2.34. The van der Waals surface area contributed by atoms with Crippen LogP contribution in [0.4, 0.5) is 4.39 Å². The second-order valence-electron chi connectivity index (χ2n) is 6.21. The summed E-state index contributed by atoms with van der Waals surface area (Å²) in [6, 6.07) is 8.57. The molecule has 1 saturated heterocycles. The van der Waals surface area contributed by atoms with Crippen LogP contribution in [0, 0.1) is 5.82 Å². The molecule has 1 aliphatic heterocycles. The molecule has 8 heteroatoms. The highest BCUT2D eigenvalue weighted by Gasteiger charge is 2.27. The standard InChI is InChI=1S/C18H17BrFN5O/c19-15-16(22-25-7-3-6-21-17(15)25)18(26)24-10-8-23(9-11-24)12-13-4-1-2-5-14(13)20/h1-7H,8-12H2. The Morgan fingerprint density at radius 3 is 2.65 bits per heavy atom. The minimum atomic E-state index is -0.188. The summed E-state index contributed by atoms with van der Waals surface area (Å²) in [6.07, 6.45) is 3.42. The number of amides is 1. The highest BCUT2D eigenvalue weighted by molar-refractivity contribution is 9.10. The Morgan fingerprint density at radius 2 is 1.92 bits per heavy atom. The Bertz CT molecular complexity index is 952. The van der Waals surface area contributed by atoms with Crippen molar-refractivity contribution in [1.82, 2.24) is 24.4 Å². The van der Waals surface area contributed by atoms with Gasteiger partial charge in [-0.2, -0.15) is 5.10 Å². The molecule has 0 N–H and O–H groups in total. The second kappa shape index (κ2) is 7.13. The number of fused-ring (bicyclic) bond motifs is 1. The van der Waals surface area contributed by atoms with Gasteiger partial charge < -0.3 is 4.90 Å². The average Bonchev–Trinajstić information content (AvgIpc) is 3.01. The van der Waals surface area contributed by atoms with Gasteiger partial charge in [0.15, 0.2) is 11.3 Å². The number of rotatable bonds is 3. The molecule has 2 aromatic heterocycles. The van der Waals surface area contributed by atoms with Crippen molar-refractivity contribution in [2.75, 3.05) is 26.2 Å². The van der Waals surface area contributed by atoms with Crippen LogP contribution in [0.15, 0.2) is 47.2 Å². The van der Waals surface area contributed by atoms with Crippen LogP contribution in [0.1, 0.15) is 16.1 Å². The molecular weight excluding hydrogens is 401 g/mol. The normalized spacial score (nSPS) is 15.5. The van der Waals surface area contributed by atoms with Gasteiger partial charge in [0.05, 0.1) is 4.47 Å². The Morgan fingerprint density at radius 1 is 1.15 bits per heavy atom. The third-order valence-electron chi connectivity index (χ3n) is 4.55. The fraction of sp³-hybridized carbons (Fsp3) is 0.278. The first-order valence-electron chi connectivity index (χ1n) is 8.37. The maximum Gasteiger partial charge on any atom is 0.275 e. The van der Waals surface area contributed by atoms with Crippen molar-refractivity contribution in [3.63, 3.8) is 0 Å². The molecule has 3 aromatic rings. The summed E-state index contributed by atoms with van der Waals surface area (Å²) in [7, 11) is 0. The van der Waals surface area contributed by atoms with E-state index in [0.717, 1.165) is 0 Å². The summed E-state index contributed by atoms with van der Waals surface area (Å²) in [6.45, 7) is 3.12. The minimum Gasteiger partial charge on any atom is -0.335 e. The largest absolute Gasteiger partial charge is 0.335 e. The van der Waals surface area contributed by atoms with Gasteiger partial charge in [-0.05, 0) is 28.1 Å². The number of halogens is 2. The van der Waals surface area contributed by atoms with Crippen LogP contribution in [0.2, 0.25) is 0 Å². The van der Waals surface area contributed by atoms with E-state index in [1.807, 2.05) is 6.07 Å². The van der Waals surface area contributed by atoms with Gasteiger partial charge in [0.2, 0.25) is 0 Å². The summed E-state index contributed by atoms with van der Waals surface area (Å²) in [5, 5.41) is 4.34. The van der Waals surface area contributed by atoms with Crippen LogP contribution in [-0.2, 0) is 6.54 Å². The van der Waals surface area contributed by atoms with E-state index in [0.29, 0.717) is 54.1 Å². The van der Waals surface area contributed by atoms with Gasteiger partial charge in [0.1, 0.15) is 5.82 Å². The number of carbonyl (C=O) groups excluding carboxylic acids is 1. The second-order valence-corrected chi connectivity index (χ2v) is 7.00. The minimum absolute atomic E-state index is 0.118. The van der Waals surface area contributed by atoms with E-state index >= 15 is 0 Å². The van der Waals surface area contributed by atoms with Crippen molar-refractivity contribution < 1.29 is 9.18 Å². The highest BCUT2D eigenvalue weighted by atomic mass is 79.9. The smallest absolute Gasteiger partial charge is 0.275 e. The SMILES string of the molecule is O=C(c1nn2cccnc2c1Br)N1CCN(Cc2ccccc2F)CC1. The van der Waals surface area contributed by atoms with Gasteiger partial charge in [0, 0.05) is 50.7 Å². The van der Waals surface area contributed by atoms with Crippen LogP contribution >= 0.6 is 15.9 Å². The zero-order valence-corrected chi connectivity index (χ0v) is 15.6. The van der Waals surface area contributed by atoms with Crippen molar-refractivity contribution in [3.8, 4) is 0 Å². The van der Waals surface area contributed by atoms with E-state index in [2.05, 4.69) is 30.9 Å². The summed E-state index contributed by atoms with van der Waals surface area (Å²) >= 11 is 3.44. The first kappa shape index (κ1) is 17.1. The number of carbonyl (C=O) groups is 1. The van der Waals surface area contributed by atoms with Crippen molar-refractivity contribution in [3.05, 3.63) is 64.3 Å². The molecule has 0 bridgehead atoms. The van der Waals surface area contributed by atoms with Crippen molar-refractivity contribution in [2.45, 2.75) is 6.54 Å². The van der Waals surface area contributed by atoms with Crippen molar-refractivity contribution in [1.29, 1.82) is 0 Å². The quantitative estimate of drug-likeness (QED) is 0.657. The first-order valence-corrected chi connectivity index (χ1v) is 9.16. The lowest BCUT2D eigenvalue weighted by Crippen LogP contribution is -2.48. The Kier molecular flexibility index (Phi) is 4.69. The number of piperazine rings is 1. The lowest BCUT2D eigenvalue weighted by molar-refractivity contribution is 0.0620. The van der Waals surface area contributed by atoms with E-state index in [-0.39, 0.29) is 11.7 Å². The molecule has 0 spiro atoms. The molecule has 0 unspecified atom stereocenters. The molecule has 134 valence electrons. The Balaban J connectivity index is 1.43. The molecule has 1 fully saturated rings. The van der Waals surface area contributed by atoms with Gasteiger partial charge >= 0.3 is 0 Å². The third-order valence-corrected chi connectivity index (χ3v) is 5.28. The summed E-state index contributed by atoms with van der Waals surface area (Å²) in [4.78, 5) is 21.0. The molecule has 4 rings (SSSR count). The monoisotopic (exact) mass is 417 g/mol. The van der Waals surface area contributed by atoms with E-state index < -0.39 is 0 Å². The fourth-order valence-corrected chi connectivity index (χ4v) is 3.65. The van der Waals surface area contributed by atoms with Gasteiger partial charge in [-0.25, -0.2) is 13.9 Å². The van der Waals surface area contributed by atoms with Crippen LogP contribution in [0.25, 0.3) is 5.65 Å². The number of hydrogen-bond donors (Lipinski definition) is 0. The summed E-state index contributed by atoms with van der Waals surface area (Å²) in [5.41, 5.74) is 1.67. The molecule has 26 heavy (non-hydrogen) atoms. The molecule has 0 saturated carbocycles. The summed E-state index contributed by atoms with van der Waals surface area (Å²) < 4.78 is 16.0. The fourth-order valence-electron chi connectivity index (χ4n) is 3.12. The van der Waals surface area contributed by atoms with E-state index in [1.165, 1.54) is 6.07 Å². The molecule has 1 aromatic carbocycles. The van der Waals surface area contributed by atoms with E-state index in [9.17, 15) is 9.18 Å². The Hall–Kier alpha value is -2.32. The zero-order valence-electron chi connectivity index (χ0n) is 14.0. The molecule has 1 amide bonds. The van der Waals surface area contributed by atoms with Crippen LogP contribution in [-0.4, -0.2) is 56.5 Å². The maximum atomic E-state index is 13.8. The molecular formula is C18H17BrFN5O. The van der Waals surface area contributed by atoms with Gasteiger partial charge in [0.25, 0.3) is 5.91 Å². The van der Waals surface area contributed by atoms with Gasteiger partial charge in [-0.1, -0.05) is 18.2 Å². The maximum absolute atomic E-state index is 13.8. The number of benzene rings is 1. The van der Waals surface area contributed by atoms with Gasteiger partial charge in [-0.15, -0.1) is 0 Å². The van der Waals surface area contributed by atoms with Gasteiger partial charge in [-0.3, -0.25) is 9.69 Å². The van der Waals surface area contributed by atoms with Crippen LogP contribution in [0.3, 0.4) is 0 Å². The molecule has 0 atom stereocenters. The van der Waals surface area contributed by atoms with Crippen molar-refractivity contribution >= 4 is 27.5 Å². The van der Waals surface area contributed by atoms with E-state index in [1.54, 1.807) is 40.0 Å². The number of hydrogen-bond acceptors (Lipinski definition) is 4.